The van der Waals surface area contributed by atoms with E-state index in [0.717, 1.165) is 30.0 Å². The molecule has 1 aliphatic carbocycles. The lowest BCUT2D eigenvalue weighted by atomic mass is 10.1. The van der Waals surface area contributed by atoms with Crippen LogP contribution in [0.4, 0.5) is 11.4 Å². The molecule has 1 aliphatic rings. The summed E-state index contributed by atoms with van der Waals surface area (Å²) in [7, 11) is 1.65. The Morgan fingerprint density at radius 3 is 2.37 bits per heavy atom. The molecule has 3 nitrogen and oxygen atoms in total. The number of nitrogens with two attached hydrogens (primary N) is 1. The van der Waals surface area contributed by atoms with E-state index < -0.39 is 0 Å². The highest BCUT2D eigenvalue weighted by Gasteiger charge is 2.21. The van der Waals surface area contributed by atoms with Gasteiger partial charge in [0.15, 0.2) is 0 Å². The molecule has 0 atom stereocenters. The van der Waals surface area contributed by atoms with Gasteiger partial charge in [0, 0.05) is 12.1 Å². The Hall–Kier alpha value is -2.16. The highest BCUT2D eigenvalue weighted by atomic mass is 16.5. The van der Waals surface area contributed by atoms with Gasteiger partial charge in [0.05, 0.1) is 18.5 Å². The first-order chi connectivity index (χ1) is 9.26. The van der Waals surface area contributed by atoms with Gasteiger partial charge in [0.25, 0.3) is 0 Å². The second kappa shape index (κ2) is 4.84. The number of fused-ring (bicyclic) bond motifs is 1. The van der Waals surface area contributed by atoms with Crippen LogP contribution in [0.25, 0.3) is 0 Å². The lowest BCUT2D eigenvalue weighted by molar-refractivity contribution is 0.415. The third kappa shape index (κ3) is 2.36. The maximum absolute atomic E-state index is 6.04. The van der Waals surface area contributed by atoms with Crippen LogP contribution in [0.2, 0.25) is 0 Å². The molecule has 2 aromatic carbocycles. The van der Waals surface area contributed by atoms with Crippen LogP contribution in [0.5, 0.6) is 5.75 Å². The molecule has 0 saturated heterocycles. The summed E-state index contributed by atoms with van der Waals surface area (Å²) >= 11 is 0. The predicted octanol–water partition coefficient (Wildman–Crippen LogP) is 2.86. The number of nitrogen functional groups attached to an aromatic ring is 1. The number of hydrogen-bond acceptors (Lipinski definition) is 3. The van der Waals surface area contributed by atoms with Gasteiger partial charge in [0.1, 0.15) is 5.75 Å². The topological polar surface area (TPSA) is 47.3 Å². The van der Waals surface area contributed by atoms with Crippen molar-refractivity contribution < 1.29 is 4.74 Å². The summed E-state index contributed by atoms with van der Waals surface area (Å²) in [6.45, 7) is 0. The molecule has 0 amide bonds. The fourth-order valence-electron chi connectivity index (χ4n) is 2.68. The van der Waals surface area contributed by atoms with Gasteiger partial charge >= 0.3 is 0 Å². The maximum Gasteiger partial charge on any atom is 0.121 e. The Kier molecular flexibility index (Phi) is 3.03. The quantitative estimate of drug-likeness (QED) is 0.828. The minimum absolute atomic E-state index is 0.424. The molecule has 19 heavy (non-hydrogen) atoms. The van der Waals surface area contributed by atoms with E-state index in [2.05, 4.69) is 29.6 Å². The standard InChI is InChI=1S/C16H18N2O/c1-19-14-6-7-16(15(17)10-14)18-13-8-11-4-2-3-5-12(11)9-13/h2-7,10,13,18H,8-9,17H2,1H3. The predicted molar refractivity (Wildman–Crippen MR) is 78.7 cm³/mol. The number of rotatable bonds is 3. The summed E-state index contributed by atoms with van der Waals surface area (Å²) in [6, 6.07) is 14.8. The highest BCUT2D eigenvalue weighted by molar-refractivity contribution is 5.68. The van der Waals surface area contributed by atoms with Crippen molar-refractivity contribution in [3.8, 4) is 5.75 Å². The Labute approximate surface area is 113 Å². The molecule has 0 heterocycles. The van der Waals surface area contributed by atoms with E-state index in [4.69, 9.17) is 10.5 Å². The molecule has 3 N–H and O–H groups in total. The zero-order chi connectivity index (χ0) is 13.2. The monoisotopic (exact) mass is 254 g/mol. The molecule has 3 rings (SSSR count). The fraction of sp³-hybridized carbons (Fsp3) is 0.250. The van der Waals surface area contributed by atoms with E-state index in [1.54, 1.807) is 7.11 Å². The van der Waals surface area contributed by atoms with Crippen LogP contribution in [0.1, 0.15) is 11.1 Å². The summed E-state index contributed by atoms with van der Waals surface area (Å²) in [5.74, 6) is 0.790. The lowest BCUT2D eigenvalue weighted by Gasteiger charge is -2.16. The first kappa shape index (κ1) is 11.9. The molecule has 98 valence electrons. The van der Waals surface area contributed by atoms with Gasteiger partial charge in [-0.25, -0.2) is 0 Å². The number of hydrogen-bond donors (Lipinski definition) is 2. The minimum atomic E-state index is 0.424. The van der Waals surface area contributed by atoms with Crippen molar-refractivity contribution in [3.05, 3.63) is 53.6 Å². The van der Waals surface area contributed by atoms with Crippen LogP contribution in [-0.4, -0.2) is 13.2 Å². The number of methoxy groups -OCH3 is 1. The summed E-state index contributed by atoms with van der Waals surface area (Å²) in [4.78, 5) is 0. The molecule has 0 radical (unpaired) electrons. The van der Waals surface area contributed by atoms with E-state index in [1.807, 2.05) is 18.2 Å². The molecular formula is C16H18N2O. The van der Waals surface area contributed by atoms with E-state index in [-0.39, 0.29) is 0 Å². The van der Waals surface area contributed by atoms with Crippen molar-refractivity contribution in [2.75, 3.05) is 18.2 Å². The van der Waals surface area contributed by atoms with Gasteiger partial charge in [-0.2, -0.15) is 0 Å². The van der Waals surface area contributed by atoms with E-state index in [9.17, 15) is 0 Å². The molecule has 2 aromatic rings. The van der Waals surface area contributed by atoms with Crippen LogP contribution < -0.4 is 15.8 Å². The SMILES string of the molecule is COc1ccc(NC2Cc3ccccc3C2)c(N)c1. The summed E-state index contributed by atoms with van der Waals surface area (Å²) in [6.07, 6.45) is 2.11. The summed E-state index contributed by atoms with van der Waals surface area (Å²) in [5.41, 5.74) is 10.6. The van der Waals surface area contributed by atoms with Crippen LogP contribution in [-0.2, 0) is 12.8 Å². The van der Waals surface area contributed by atoms with Crippen LogP contribution in [0.3, 0.4) is 0 Å². The van der Waals surface area contributed by atoms with E-state index >= 15 is 0 Å². The van der Waals surface area contributed by atoms with Crippen molar-refractivity contribution in [2.45, 2.75) is 18.9 Å². The lowest BCUT2D eigenvalue weighted by Crippen LogP contribution is -2.20. The van der Waals surface area contributed by atoms with Crippen molar-refractivity contribution in [1.82, 2.24) is 0 Å². The highest BCUT2D eigenvalue weighted by Crippen LogP contribution is 2.28. The van der Waals surface area contributed by atoms with Crippen molar-refractivity contribution in [3.63, 3.8) is 0 Å². The van der Waals surface area contributed by atoms with Crippen LogP contribution in [0.15, 0.2) is 42.5 Å². The molecule has 0 spiro atoms. The molecule has 0 aliphatic heterocycles. The van der Waals surface area contributed by atoms with Gasteiger partial charge in [-0.05, 0) is 36.1 Å². The molecule has 0 bridgehead atoms. The maximum atomic E-state index is 6.04. The number of nitrogens with one attached hydrogen (secondary N) is 1. The Bertz CT molecular complexity index is 570. The normalized spacial score (nSPS) is 14.2. The number of benzene rings is 2. The third-order valence-corrected chi connectivity index (χ3v) is 3.67. The van der Waals surface area contributed by atoms with Crippen molar-refractivity contribution in [2.24, 2.45) is 0 Å². The van der Waals surface area contributed by atoms with Crippen LogP contribution >= 0.6 is 0 Å². The van der Waals surface area contributed by atoms with E-state index in [1.165, 1.54) is 11.1 Å². The second-order valence-electron chi connectivity index (χ2n) is 4.97. The molecular weight excluding hydrogens is 236 g/mol. The minimum Gasteiger partial charge on any atom is -0.497 e. The van der Waals surface area contributed by atoms with Gasteiger partial charge in [-0.15, -0.1) is 0 Å². The van der Waals surface area contributed by atoms with E-state index in [0.29, 0.717) is 6.04 Å². The molecule has 3 heteroatoms. The van der Waals surface area contributed by atoms with Gasteiger partial charge in [-0.3, -0.25) is 0 Å². The second-order valence-corrected chi connectivity index (χ2v) is 4.97. The number of anilines is 2. The molecule has 0 aromatic heterocycles. The molecule has 0 fully saturated rings. The molecule has 0 unspecified atom stereocenters. The Morgan fingerprint density at radius 1 is 1.11 bits per heavy atom. The number of ether oxygens (including phenoxy) is 1. The Morgan fingerprint density at radius 2 is 1.79 bits per heavy atom. The van der Waals surface area contributed by atoms with Crippen molar-refractivity contribution in [1.29, 1.82) is 0 Å². The van der Waals surface area contributed by atoms with Gasteiger partial charge in [0.2, 0.25) is 0 Å². The van der Waals surface area contributed by atoms with Crippen molar-refractivity contribution >= 4 is 11.4 Å². The smallest absolute Gasteiger partial charge is 0.121 e. The zero-order valence-electron chi connectivity index (χ0n) is 11.0. The Balaban J connectivity index is 1.74. The zero-order valence-corrected chi connectivity index (χ0v) is 11.0. The average Bonchev–Trinajstić information content (AvgIpc) is 2.83. The molecule has 0 saturated carbocycles. The summed E-state index contributed by atoms with van der Waals surface area (Å²) < 4.78 is 5.16. The fourth-order valence-corrected chi connectivity index (χ4v) is 2.68. The first-order valence-electron chi connectivity index (χ1n) is 6.53. The van der Waals surface area contributed by atoms with Crippen LogP contribution in [0, 0.1) is 0 Å². The van der Waals surface area contributed by atoms with Gasteiger partial charge < -0.3 is 15.8 Å². The average molecular weight is 254 g/mol. The largest absolute Gasteiger partial charge is 0.497 e. The summed E-state index contributed by atoms with van der Waals surface area (Å²) in [5, 5.41) is 3.53. The third-order valence-electron chi connectivity index (χ3n) is 3.67. The van der Waals surface area contributed by atoms with Gasteiger partial charge in [-0.1, -0.05) is 24.3 Å². The first-order valence-corrected chi connectivity index (χ1v) is 6.53.